The average molecular weight is 254 g/mol. The second-order valence-electron chi connectivity index (χ2n) is 4.59. The Morgan fingerprint density at radius 3 is 2.89 bits per heavy atom. The summed E-state index contributed by atoms with van der Waals surface area (Å²) < 4.78 is 5.36. The van der Waals surface area contributed by atoms with E-state index in [1.165, 1.54) is 0 Å². The second kappa shape index (κ2) is 4.82. The third-order valence-electron chi connectivity index (χ3n) is 3.36. The first kappa shape index (κ1) is 11.9. The van der Waals surface area contributed by atoms with Crippen LogP contribution in [-0.4, -0.2) is 36.0 Å². The maximum Gasteiger partial charge on any atom is 0.161 e. The van der Waals surface area contributed by atoms with Crippen molar-refractivity contribution in [2.75, 3.05) is 24.6 Å². The number of benzene rings is 1. The number of hydrogen-bond donors (Lipinski definition) is 0. The van der Waals surface area contributed by atoms with Crippen molar-refractivity contribution in [2.24, 2.45) is 0 Å². The van der Waals surface area contributed by atoms with Gasteiger partial charge in [0, 0.05) is 17.3 Å². The average Bonchev–Trinajstić information content (AvgIpc) is 2.48. The fourth-order valence-corrected chi connectivity index (χ4v) is 2.38. The third kappa shape index (κ3) is 2.11. The van der Waals surface area contributed by atoms with Gasteiger partial charge < -0.3 is 9.64 Å². The Hall–Kier alpha value is -2.19. The number of nitriles is 1. The summed E-state index contributed by atoms with van der Waals surface area (Å²) >= 11 is 0. The molecule has 2 heterocycles. The molecule has 2 aromatic rings. The van der Waals surface area contributed by atoms with E-state index in [4.69, 9.17) is 10.00 Å². The Bertz CT molecular complexity index is 649. The number of nitrogens with zero attached hydrogens (tertiary/aromatic N) is 4. The van der Waals surface area contributed by atoms with Crippen LogP contribution in [0.3, 0.4) is 0 Å². The number of hydrogen-bond acceptors (Lipinski definition) is 5. The number of rotatable bonds is 1. The van der Waals surface area contributed by atoms with Gasteiger partial charge in [-0.2, -0.15) is 10.4 Å². The zero-order valence-electron chi connectivity index (χ0n) is 10.7. The van der Waals surface area contributed by atoms with Crippen molar-refractivity contribution < 1.29 is 4.74 Å². The molecule has 0 aliphatic carbocycles. The van der Waals surface area contributed by atoms with Crippen molar-refractivity contribution in [2.45, 2.75) is 13.0 Å². The van der Waals surface area contributed by atoms with E-state index in [1.807, 2.05) is 31.2 Å². The van der Waals surface area contributed by atoms with Crippen LogP contribution in [0.15, 0.2) is 24.3 Å². The lowest BCUT2D eigenvalue weighted by Crippen LogP contribution is -2.42. The maximum absolute atomic E-state index is 8.98. The van der Waals surface area contributed by atoms with Crippen LogP contribution in [0, 0.1) is 18.3 Å². The highest BCUT2D eigenvalue weighted by atomic mass is 16.5. The summed E-state index contributed by atoms with van der Waals surface area (Å²) in [6.45, 7) is 3.77. The summed E-state index contributed by atoms with van der Waals surface area (Å²) in [6.07, 6.45) is -0.393. The number of aromatic nitrogens is 2. The van der Waals surface area contributed by atoms with Gasteiger partial charge in [0.1, 0.15) is 0 Å². The van der Waals surface area contributed by atoms with Crippen LogP contribution in [0.4, 0.5) is 5.82 Å². The molecule has 5 heteroatoms. The smallest absolute Gasteiger partial charge is 0.161 e. The molecule has 0 amide bonds. The molecule has 19 heavy (non-hydrogen) atoms. The molecule has 5 nitrogen and oxygen atoms in total. The number of anilines is 1. The van der Waals surface area contributed by atoms with Crippen LogP contribution in [0.2, 0.25) is 0 Å². The highest BCUT2D eigenvalue weighted by Gasteiger charge is 2.23. The number of morpholine rings is 1. The topological polar surface area (TPSA) is 62.0 Å². The molecule has 0 radical (unpaired) electrons. The number of ether oxygens (including phenoxy) is 1. The molecule has 1 aromatic carbocycles. The summed E-state index contributed by atoms with van der Waals surface area (Å²) in [5, 5.41) is 19.7. The SMILES string of the molecule is Cc1nnc(N2CCOC(C#N)C2)c2ccccc12. The van der Waals surface area contributed by atoms with Crippen molar-refractivity contribution in [1.29, 1.82) is 5.26 Å². The Morgan fingerprint density at radius 2 is 2.11 bits per heavy atom. The lowest BCUT2D eigenvalue weighted by Gasteiger charge is -2.31. The molecule has 0 bridgehead atoms. The first-order valence-electron chi connectivity index (χ1n) is 6.28. The molecule has 1 unspecified atom stereocenters. The molecule has 96 valence electrons. The Morgan fingerprint density at radius 1 is 1.32 bits per heavy atom. The van der Waals surface area contributed by atoms with Crippen molar-refractivity contribution in [3.8, 4) is 6.07 Å². The fourth-order valence-electron chi connectivity index (χ4n) is 2.38. The Balaban J connectivity index is 2.06. The summed E-state index contributed by atoms with van der Waals surface area (Å²) in [5.74, 6) is 0.838. The van der Waals surface area contributed by atoms with Crippen LogP contribution in [-0.2, 0) is 4.74 Å². The van der Waals surface area contributed by atoms with E-state index in [9.17, 15) is 0 Å². The van der Waals surface area contributed by atoms with Crippen molar-refractivity contribution in [3.05, 3.63) is 30.0 Å². The van der Waals surface area contributed by atoms with E-state index in [0.717, 1.165) is 28.8 Å². The van der Waals surface area contributed by atoms with Gasteiger partial charge in [-0.05, 0) is 6.92 Å². The first-order chi connectivity index (χ1) is 9.29. The molecule has 0 N–H and O–H groups in total. The predicted octanol–water partition coefficient (Wildman–Crippen LogP) is 1.67. The largest absolute Gasteiger partial charge is 0.360 e. The molecular weight excluding hydrogens is 240 g/mol. The van der Waals surface area contributed by atoms with Gasteiger partial charge in [0.15, 0.2) is 11.9 Å². The van der Waals surface area contributed by atoms with Gasteiger partial charge in [-0.25, -0.2) is 0 Å². The molecule has 1 saturated heterocycles. The predicted molar refractivity (Wildman–Crippen MR) is 71.8 cm³/mol. The van der Waals surface area contributed by atoms with E-state index in [1.54, 1.807) is 0 Å². The van der Waals surface area contributed by atoms with Crippen molar-refractivity contribution >= 4 is 16.6 Å². The molecule has 1 aliphatic rings. The lowest BCUT2D eigenvalue weighted by atomic mass is 10.1. The van der Waals surface area contributed by atoms with E-state index in [2.05, 4.69) is 21.2 Å². The van der Waals surface area contributed by atoms with E-state index in [-0.39, 0.29) is 0 Å². The summed E-state index contributed by atoms with van der Waals surface area (Å²) in [7, 11) is 0. The first-order valence-corrected chi connectivity index (χ1v) is 6.28. The zero-order chi connectivity index (χ0) is 13.2. The summed E-state index contributed by atoms with van der Waals surface area (Å²) in [4.78, 5) is 2.08. The van der Waals surface area contributed by atoms with Crippen LogP contribution < -0.4 is 4.90 Å². The molecule has 1 aromatic heterocycles. The van der Waals surface area contributed by atoms with Crippen molar-refractivity contribution in [3.63, 3.8) is 0 Å². The van der Waals surface area contributed by atoms with Gasteiger partial charge in [0.2, 0.25) is 0 Å². The Labute approximate surface area is 111 Å². The molecule has 1 atom stereocenters. The summed E-state index contributed by atoms with van der Waals surface area (Å²) in [6, 6.07) is 10.2. The molecule has 1 fully saturated rings. The minimum atomic E-state index is -0.393. The van der Waals surface area contributed by atoms with E-state index in [0.29, 0.717) is 13.2 Å². The van der Waals surface area contributed by atoms with Gasteiger partial charge in [-0.1, -0.05) is 24.3 Å². The standard InChI is InChI=1S/C14H14N4O/c1-10-12-4-2-3-5-13(12)14(17-16-10)18-6-7-19-11(8-15)9-18/h2-5,11H,6-7,9H2,1H3. The van der Waals surface area contributed by atoms with E-state index < -0.39 is 6.10 Å². The van der Waals surface area contributed by atoms with Crippen LogP contribution >= 0.6 is 0 Å². The third-order valence-corrected chi connectivity index (χ3v) is 3.36. The zero-order valence-corrected chi connectivity index (χ0v) is 10.7. The molecule has 0 saturated carbocycles. The Kier molecular flexibility index (Phi) is 3.02. The lowest BCUT2D eigenvalue weighted by molar-refractivity contribution is 0.0762. The minimum absolute atomic E-state index is 0.393. The van der Waals surface area contributed by atoms with Gasteiger partial charge in [-0.15, -0.1) is 5.10 Å². The van der Waals surface area contributed by atoms with Gasteiger partial charge in [0.05, 0.1) is 24.9 Å². The van der Waals surface area contributed by atoms with Gasteiger partial charge >= 0.3 is 0 Å². The van der Waals surface area contributed by atoms with Crippen LogP contribution in [0.5, 0.6) is 0 Å². The minimum Gasteiger partial charge on any atom is -0.360 e. The highest BCUT2D eigenvalue weighted by Crippen LogP contribution is 2.26. The maximum atomic E-state index is 8.98. The number of aryl methyl sites for hydroxylation is 1. The monoisotopic (exact) mass is 254 g/mol. The second-order valence-corrected chi connectivity index (χ2v) is 4.59. The number of fused-ring (bicyclic) bond motifs is 1. The molecular formula is C14H14N4O. The quantitative estimate of drug-likeness (QED) is 0.774. The fraction of sp³-hybridized carbons (Fsp3) is 0.357. The molecule has 3 rings (SSSR count). The molecule has 0 spiro atoms. The van der Waals surface area contributed by atoms with Crippen molar-refractivity contribution in [1.82, 2.24) is 10.2 Å². The molecule has 1 aliphatic heterocycles. The highest BCUT2D eigenvalue weighted by molar-refractivity contribution is 5.93. The van der Waals surface area contributed by atoms with E-state index >= 15 is 0 Å². The van der Waals surface area contributed by atoms with Crippen LogP contribution in [0.25, 0.3) is 10.8 Å². The van der Waals surface area contributed by atoms with Gasteiger partial charge in [0.25, 0.3) is 0 Å². The van der Waals surface area contributed by atoms with Gasteiger partial charge in [-0.3, -0.25) is 0 Å². The normalized spacial score (nSPS) is 19.4. The van der Waals surface area contributed by atoms with Crippen LogP contribution in [0.1, 0.15) is 5.69 Å². The summed E-state index contributed by atoms with van der Waals surface area (Å²) in [5.41, 5.74) is 0.921.